The van der Waals surface area contributed by atoms with Gasteiger partial charge in [-0.25, -0.2) is 0 Å². The molecule has 102 valence electrons. The lowest BCUT2D eigenvalue weighted by atomic mass is 9.92. The van der Waals surface area contributed by atoms with E-state index < -0.39 is 0 Å². The SMILES string of the molecule is Cc1ccc(C(=O)NCC2CC3CCC(C2)N3)cc1. The maximum absolute atomic E-state index is 12.1. The van der Waals surface area contributed by atoms with E-state index in [0.717, 1.165) is 12.1 Å². The van der Waals surface area contributed by atoms with Gasteiger partial charge in [-0.2, -0.15) is 0 Å². The Labute approximate surface area is 114 Å². The molecule has 3 nitrogen and oxygen atoms in total. The Morgan fingerprint density at radius 2 is 1.84 bits per heavy atom. The third-order valence-corrected chi connectivity index (χ3v) is 4.44. The van der Waals surface area contributed by atoms with Crippen molar-refractivity contribution in [3.05, 3.63) is 35.4 Å². The van der Waals surface area contributed by atoms with Crippen molar-refractivity contribution in [3.63, 3.8) is 0 Å². The normalized spacial score (nSPS) is 29.2. The fraction of sp³-hybridized carbons (Fsp3) is 0.562. The predicted molar refractivity (Wildman–Crippen MR) is 76.2 cm³/mol. The molecule has 2 aliphatic heterocycles. The molecular weight excluding hydrogens is 236 g/mol. The van der Waals surface area contributed by atoms with Crippen molar-refractivity contribution in [1.29, 1.82) is 0 Å². The van der Waals surface area contributed by atoms with Gasteiger partial charge in [0.2, 0.25) is 0 Å². The van der Waals surface area contributed by atoms with Crippen LogP contribution in [0.1, 0.15) is 41.6 Å². The fourth-order valence-corrected chi connectivity index (χ4v) is 3.39. The summed E-state index contributed by atoms with van der Waals surface area (Å²) in [4.78, 5) is 12.1. The van der Waals surface area contributed by atoms with E-state index in [1.165, 1.54) is 31.2 Å². The van der Waals surface area contributed by atoms with Gasteiger partial charge >= 0.3 is 0 Å². The van der Waals surface area contributed by atoms with Crippen LogP contribution in [0.15, 0.2) is 24.3 Å². The molecule has 3 heteroatoms. The summed E-state index contributed by atoms with van der Waals surface area (Å²) in [5.74, 6) is 0.707. The molecule has 1 aromatic rings. The van der Waals surface area contributed by atoms with E-state index in [4.69, 9.17) is 0 Å². The van der Waals surface area contributed by atoms with Gasteiger partial charge in [0.15, 0.2) is 0 Å². The average molecular weight is 258 g/mol. The van der Waals surface area contributed by atoms with Gasteiger partial charge in [0.1, 0.15) is 0 Å². The van der Waals surface area contributed by atoms with Gasteiger partial charge in [-0.05, 0) is 50.7 Å². The van der Waals surface area contributed by atoms with Gasteiger partial charge in [-0.15, -0.1) is 0 Å². The van der Waals surface area contributed by atoms with E-state index in [0.29, 0.717) is 18.0 Å². The van der Waals surface area contributed by atoms with Gasteiger partial charge in [-0.3, -0.25) is 4.79 Å². The number of nitrogens with one attached hydrogen (secondary N) is 2. The number of benzene rings is 1. The number of carbonyl (C=O) groups is 1. The minimum absolute atomic E-state index is 0.0610. The average Bonchev–Trinajstić information content (AvgIpc) is 2.76. The van der Waals surface area contributed by atoms with Crippen LogP contribution in [0, 0.1) is 12.8 Å². The maximum Gasteiger partial charge on any atom is 0.251 e. The summed E-state index contributed by atoms with van der Waals surface area (Å²) in [7, 11) is 0. The second-order valence-corrected chi connectivity index (χ2v) is 6.05. The van der Waals surface area contributed by atoms with Gasteiger partial charge in [-0.1, -0.05) is 17.7 Å². The summed E-state index contributed by atoms with van der Waals surface area (Å²) < 4.78 is 0. The minimum atomic E-state index is 0.0610. The molecule has 2 aliphatic rings. The van der Waals surface area contributed by atoms with E-state index >= 15 is 0 Å². The van der Waals surface area contributed by atoms with E-state index in [2.05, 4.69) is 10.6 Å². The van der Waals surface area contributed by atoms with Crippen LogP contribution in [0.2, 0.25) is 0 Å². The molecule has 1 aromatic carbocycles. The zero-order valence-electron chi connectivity index (χ0n) is 11.5. The summed E-state index contributed by atoms with van der Waals surface area (Å²) in [6.45, 7) is 2.86. The summed E-state index contributed by atoms with van der Waals surface area (Å²) in [6.07, 6.45) is 5.05. The Balaban J connectivity index is 1.52. The first-order valence-electron chi connectivity index (χ1n) is 7.31. The lowest BCUT2D eigenvalue weighted by molar-refractivity contribution is 0.0941. The highest BCUT2D eigenvalue weighted by Crippen LogP contribution is 2.30. The Morgan fingerprint density at radius 1 is 1.21 bits per heavy atom. The molecule has 2 fully saturated rings. The van der Waals surface area contributed by atoms with Crippen molar-refractivity contribution in [1.82, 2.24) is 10.6 Å². The number of hydrogen-bond acceptors (Lipinski definition) is 2. The number of hydrogen-bond donors (Lipinski definition) is 2. The molecule has 0 aliphatic carbocycles. The number of carbonyl (C=O) groups excluding carboxylic acids is 1. The summed E-state index contributed by atoms with van der Waals surface area (Å²) in [5, 5.41) is 6.72. The highest BCUT2D eigenvalue weighted by molar-refractivity contribution is 5.94. The lowest BCUT2D eigenvalue weighted by Crippen LogP contribution is -2.42. The molecule has 0 saturated carbocycles. The lowest BCUT2D eigenvalue weighted by Gasteiger charge is -2.29. The van der Waals surface area contributed by atoms with Crippen molar-refractivity contribution in [3.8, 4) is 0 Å². The van der Waals surface area contributed by atoms with Crippen LogP contribution < -0.4 is 10.6 Å². The topological polar surface area (TPSA) is 41.1 Å². The van der Waals surface area contributed by atoms with Crippen molar-refractivity contribution < 1.29 is 4.79 Å². The summed E-state index contributed by atoms with van der Waals surface area (Å²) in [5.41, 5.74) is 1.95. The van der Waals surface area contributed by atoms with Crippen LogP contribution in [-0.2, 0) is 0 Å². The first kappa shape index (κ1) is 12.7. The molecule has 2 heterocycles. The van der Waals surface area contributed by atoms with Gasteiger partial charge in [0.05, 0.1) is 0 Å². The van der Waals surface area contributed by atoms with E-state index in [1.807, 2.05) is 31.2 Å². The van der Waals surface area contributed by atoms with Gasteiger partial charge in [0, 0.05) is 24.2 Å². The van der Waals surface area contributed by atoms with Crippen LogP contribution in [0.4, 0.5) is 0 Å². The highest BCUT2D eigenvalue weighted by Gasteiger charge is 2.33. The quantitative estimate of drug-likeness (QED) is 0.873. The smallest absolute Gasteiger partial charge is 0.251 e. The molecule has 19 heavy (non-hydrogen) atoms. The second-order valence-electron chi connectivity index (χ2n) is 6.05. The van der Waals surface area contributed by atoms with Crippen LogP contribution in [0.5, 0.6) is 0 Å². The standard InChI is InChI=1S/C16H22N2O/c1-11-2-4-13(5-3-11)16(19)17-10-12-8-14-6-7-15(9-12)18-14/h2-5,12,14-15,18H,6-10H2,1H3,(H,17,19). The molecule has 2 unspecified atom stereocenters. The van der Waals surface area contributed by atoms with Crippen molar-refractivity contribution in [2.45, 2.75) is 44.7 Å². The number of amides is 1. The first-order chi connectivity index (χ1) is 9.20. The zero-order chi connectivity index (χ0) is 13.2. The molecule has 2 atom stereocenters. The Kier molecular flexibility index (Phi) is 3.56. The molecule has 0 spiro atoms. The molecular formula is C16H22N2O. The van der Waals surface area contributed by atoms with E-state index in [-0.39, 0.29) is 5.91 Å². The largest absolute Gasteiger partial charge is 0.352 e. The van der Waals surface area contributed by atoms with Crippen molar-refractivity contribution in [2.75, 3.05) is 6.54 Å². The van der Waals surface area contributed by atoms with E-state index in [9.17, 15) is 4.79 Å². The Bertz CT molecular complexity index is 442. The van der Waals surface area contributed by atoms with Crippen LogP contribution >= 0.6 is 0 Å². The summed E-state index contributed by atoms with van der Waals surface area (Å²) >= 11 is 0. The molecule has 2 saturated heterocycles. The van der Waals surface area contributed by atoms with Crippen LogP contribution in [0.25, 0.3) is 0 Å². The third-order valence-electron chi connectivity index (χ3n) is 4.44. The number of rotatable bonds is 3. The molecule has 1 amide bonds. The van der Waals surface area contributed by atoms with Gasteiger partial charge < -0.3 is 10.6 Å². The number of aryl methyl sites for hydroxylation is 1. The highest BCUT2D eigenvalue weighted by atomic mass is 16.1. The molecule has 2 N–H and O–H groups in total. The monoisotopic (exact) mass is 258 g/mol. The molecule has 0 radical (unpaired) electrons. The summed E-state index contributed by atoms with van der Waals surface area (Å²) in [6, 6.07) is 9.16. The third kappa shape index (κ3) is 2.98. The number of fused-ring (bicyclic) bond motifs is 2. The molecule has 0 aromatic heterocycles. The molecule has 2 bridgehead atoms. The molecule has 3 rings (SSSR count). The second kappa shape index (κ2) is 5.33. The Hall–Kier alpha value is -1.35. The first-order valence-corrected chi connectivity index (χ1v) is 7.31. The van der Waals surface area contributed by atoms with E-state index in [1.54, 1.807) is 0 Å². The Morgan fingerprint density at radius 3 is 2.47 bits per heavy atom. The fourth-order valence-electron chi connectivity index (χ4n) is 3.39. The van der Waals surface area contributed by atoms with Crippen molar-refractivity contribution >= 4 is 5.91 Å². The van der Waals surface area contributed by atoms with Crippen molar-refractivity contribution in [2.24, 2.45) is 5.92 Å². The number of piperidine rings is 1. The maximum atomic E-state index is 12.1. The zero-order valence-corrected chi connectivity index (χ0v) is 11.5. The van der Waals surface area contributed by atoms with Crippen LogP contribution in [-0.4, -0.2) is 24.5 Å². The minimum Gasteiger partial charge on any atom is -0.352 e. The van der Waals surface area contributed by atoms with Gasteiger partial charge in [0.25, 0.3) is 5.91 Å². The van der Waals surface area contributed by atoms with Crippen LogP contribution in [0.3, 0.4) is 0 Å². The predicted octanol–water partition coefficient (Wildman–Crippen LogP) is 2.26.